The summed E-state index contributed by atoms with van der Waals surface area (Å²) in [5.74, 6) is -0.707. The van der Waals surface area contributed by atoms with Crippen LogP contribution in [-0.2, 0) is 25.6 Å². The van der Waals surface area contributed by atoms with E-state index in [9.17, 15) is 9.59 Å². The monoisotopic (exact) mass is 384 g/mol. The van der Waals surface area contributed by atoms with Gasteiger partial charge >= 0.3 is 18.2 Å². The second-order valence-electron chi connectivity index (χ2n) is 7.01. The zero-order chi connectivity index (χ0) is 20.1. The Bertz CT molecular complexity index is 823. The molecule has 1 fully saturated rings. The summed E-state index contributed by atoms with van der Waals surface area (Å²) in [5.41, 5.74) is 1.34. The van der Waals surface area contributed by atoms with Gasteiger partial charge in [-0.1, -0.05) is 44.2 Å². The molecule has 0 amide bonds. The van der Waals surface area contributed by atoms with Gasteiger partial charge in [0, 0.05) is 18.9 Å². The molecule has 3 rings (SSSR count). The maximum atomic E-state index is 12.5. The quantitative estimate of drug-likeness (QED) is 0.565. The highest BCUT2D eigenvalue weighted by Crippen LogP contribution is 2.34. The first-order chi connectivity index (χ1) is 13.5. The highest BCUT2D eigenvalue weighted by atomic mass is 16.6. The van der Waals surface area contributed by atoms with Crippen LogP contribution in [0.3, 0.4) is 0 Å². The number of nitrogens with zero attached hydrogens (tertiary/aromatic N) is 1. The minimum absolute atomic E-state index is 0.0180. The van der Waals surface area contributed by atoms with Crippen molar-refractivity contribution in [3.8, 4) is 0 Å². The van der Waals surface area contributed by atoms with Crippen LogP contribution in [0.4, 0.5) is 0 Å². The average Bonchev–Trinajstić information content (AvgIpc) is 3.02. The summed E-state index contributed by atoms with van der Waals surface area (Å²) in [5, 5.41) is 0. The van der Waals surface area contributed by atoms with Crippen molar-refractivity contribution < 1.29 is 28.4 Å². The van der Waals surface area contributed by atoms with E-state index in [2.05, 4.69) is 0 Å². The van der Waals surface area contributed by atoms with E-state index in [0.29, 0.717) is 5.56 Å². The van der Waals surface area contributed by atoms with E-state index in [1.165, 1.54) is 6.92 Å². The lowest BCUT2D eigenvalue weighted by Gasteiger charge is -2.17. The first kappa shape index (κ1) is 20.0. The van der Waals surface area contributed by atoms with Gasteiger partial charge in [-0.2, -0.15) is 4.57 Å². The smallest absolute Gasteiger partial charge is 0.344 e. The minimum atomic E-state index is -0.481. The summed E-state index contributed by atoms with van der Waals surface area (Å²) in [6, 6.07) is 13.0. The molecule has 0 N–H and O–H groups in total. The van der Waals surface area contributed by atoms with Gasteiger partial charge in [0.1, 0.15) is 12.2 Å². The van der Waals surface area contributed by atoms with Gasteiger partial charge in [-0.15, -0.1) is 0 Å². The van der Waals surface area contributed by atoms with Crippen LogP contribution < -0.4 is 4.57 Å². The average molecular weight is 384 g/mol. The van der Waals surface area contributed by atoms with Gasteiger partial charge in [-0.3, -0.25) is 4.79 Å². The number of pyridine rings is 1. The highest BCUT2D eigenvalue weighted by Gasteiger charge is 2.49. The summed E-state index contributed by atoms with van der Waals surface area (Å²) in [7, 11) is 0. The zero-order valence-corrected chi connectivity index (χ0v) is 16.4. The van der Waals surface area contributed by atoms with Crippen LogP contribution in [0, 0.1) is 5.92 Å². The molecule has 2 heterocycles. The molecule has 0 unspecified atom stereocenters. The van der Waals surface area contributed by atoms with E-state index in [-0.39, 0.29) is 24.6 Å². The van der Waals surface area contributed by atoms with Crippen molar-refractivity contribution in [2.75, 3.05) is 0 Å². The van der Waals surface area contributed by atoms with Crippen LogP contribution in [0.15, 0.2) is 54.9 Å². The Labute approximate surface area is 165 Å². The largest absolute Gasteiger partial charge is 0.457 e. The summed E-state index contributed by atoms with van der Waals surface area (Å²) in [4.78, 5) is 24.0. The Morgan fingerprint density at radius 3 is 2.57 bits per heavy atom. The molecule has 1 aliphatic heterocycles. The van der Waals surface area contributed by atoms with Gasteiger partial charge in [0.2, 0.25) is 0 Å². The zero-order valence-electron chi connectivity index (χ0n) is 16.4. The van der Waals surface area contributed by atoms with Crippen LogP contribution in [0.2, 0.25) is 0 Å². The highest BCUT2D eigenvalue weighted by molar-refractivity contribution is 5.88. The van der Waals surface area contributed by atoms with E-state index >= 15 is 0 Å². The molecule has 0 bridgehead atoms. The molecule has 4 atom stereocenters. The molecule has 6 nitrogen and oxygen atoms in total. The van der Waals surface area contributed by atoms with Crippen molar-refractivity contribution in [1.82, 2.24) is 0 Å². The standard InChI is InChI=1S/C22H26NO5/c1-4-19-15(2)20(27-16(3)24)21(28-19)23-12-8-11-18(13-23)22(25)26-14-17-9-6-5-7-10-17/h5-13,15,19-21H,4,14H2,1-3H3/q+1/t15-,19-,20-,21-/m1/s1. The van der Waals surface area contributed by atoms with Gasteiger partial charge in [-0.25, -0.2) is 4.79 Å². The van der Waals surface area contributed by atoms with Crippen LogP contribution in [0.1, 0.15) is 49.3 Å². The number of esters is 2. The number of carbonyl (C=O) groups excluding carboxylic acids is 2. The second-order valence-corrected chi connectivity index (χ2v) is 7.01. The van der Waals surface area contributed by atoms with Gasteiger partial charge < -0.3 is 14.2 Å². The summed E-state index contributed by atoms with van der Waals surface area (Å²) in [6.07, 6.45) is 3.39. The molecule has 148 valence electrons. The van der Waals surface area contributed by atoms with Crippen LogP contribution in [-0.4, -0.2) is 24.1 Å². The van der Waals surface area contributed by atoms with Crippen LogP contribution in [0.25, 0.3) is 0 Å². The normalized spacial score (nSPS) is 24.0. The maximum Gasteiger partial charge on any atom is 0.344 e. The molecule has 2 aromatic rings. The molecule has 0 radical (unpaired) electrons. The minimum Gasteiger partial charge on any atom is -0.457 e. The van der Waals surface area contributed by atoms with E-state index in [0.717, 1.165) is 12.0 Å². The number of hydrogen-bond donors (Lipinski definition) is 0. The summed E-state index contributed by atoms with van der Waals surface area (Å²) < 4.78 is 18.8. The van der Waals surface area contributed by atoms with Crippen molar-refractivity contribution in [2.24, 2.45) is 5.92 Å². The lowest BCUT2D eigenvalue weighted by atomic mass is 9.98. The van der Waals surface area contributed by atoms with Gasteiger partial charge in [0.15, 0.2) is 18.5 Å². The first-order valence-electron chi connectivity index (χ1n) is 9.54. The molecular weight excluding hydrogens is 358 g/mol. The van der Waals surface area contributed by atoms with E-state index in [4.69, 9.17) is 14.2 Å². The second kappa shape index (κ2) is 8.97. The molecule has 1 aromatic heterocycles. The Kier molecular flexibility index (Phi) is 6.41. The third kappa shape index (κ3) is 4.57. The van der Waals surface area contributed by atoms with Crippen molar-refractivity contribution in [2.45, 2.75) is 52.2 Å². The maximum absolute atomic E-state index is 12.5. The fourth-order valence-corrected chi connectivity index (χ4v) is 3.50. The molecule has 1 aliphatic rings. The topological polar surface area (TPSA) is 65.7 Å². The number of rotatable bonds is 6. The fraction of sp³-hybridized carbons (Fsp3) is 0.409. The first-order valence-corrected chi connectivity index (χ1v) is 9.54. The molecule has 0 spiro atoms. The Balaban J connectivity index is 1.75. The fourth-order valence-electron chi connectivity index (χ4n) is 3.50. The summed E-state index contributed by atoms with van der Waals surface area (Å²) >= 11 is 0. The predicted molar refractivity (Wildman–Crippen MR) is 101 cm³/mol. The molecule has 6 heteroatoms. The number of ether oxygens (including phenoxy) is 3. The Morgan fingerprint density at radius 1 is 1.14 bits per heavy atom. The Hall–Kier alpha value is -2.73. The van der Waals surface area contributed by atoms with Crippen molar-refractivity contribution in [3.63, 3.8) is 0 Å². The number of carbonyl (C=O) groups is 2. The Morgan fingerprint density at radius 2 is 1.89 bits per heavy atom. The molecule has 0 aliphatic carbocycles. The van der Waals surface area contributed by atoms with Crippen LogP contribution in [0.5, 0.6) is 0 Å². The van der Waals surface area contributed by atoms with E-state index < -0.39 is 18.3 Å². The lowest BCUT2D eigenvalue weighted by molar-refractivity contribution is -0.765. The van der Waals surface area contributed by atoms with E-state index in [1.807, 2.05) is 44.2 Å². The summed E-state index contributed by atoms with van der Waals surface area (Å²) in [6.45, 7) is 5.65. The van der Waals surface area contributed by atoms with E-state index in [1.54, 1.807) is 29.1 Å². The van der Waals surface area contributed by atoms with Crippen molar-refractivity contribution in [1.29, 1.82) is 0 Å². The van der Waals surface area contributed by atoms with Gasteiger partial charge in [-0.05, 0) is 18.1 Å². The molecular formula is C22H26NO5+. The number of aromatic nitrogens is 1. The van der Waals surface area contributed by atoms with Crippen LogP contribution >= 0.6 is 0 Å². The lowest BCUT2D eigenvalue weighted by Crippen LogP contribution is -2.46. The molecule has 28 heavy (non-hydrogen) atoms. The number of hydrogen-bond acceptors (Lipinski definition) is 5. The number of benzene rings is 1. The third-order valence-electron chi connectivity index (χ3n) is 4.97. The molecule has 1 saturated heterocycles. The van der Waals surface area contributed by atoms with Crippen molar-refractivity contribution >= 4 is 11.9 Å². The van der Waals surface area contributed by atoms with Crippen molar-refractivity contribution in [3.05, 3.63) is 66.0 Å². The molecule has 0 saturated carbocycles. The SMILES string of the molecule is CC[C@H]1O[C@@H]([n+]2cccc(C(=O)OCc3ccccc3)c2)[C@H](OC(C)=O)[C@@H]1C. The third-order valence-corrected chi connectivity index (χ3v) is 4.97. The van der Waals surface area contributed by atoms with Gasteiger partial charge in [0.25, 0.3) is 0 Å². The molecule has 1 aromatic carbocycles. The predicted octanol–water partition coefficient (Wildman–Crippen LogP) is 3.21. The van der Waals surface area contributed by atoms with Gasteiger partial charge in [0.05, 0.1) is 6.10 Å².